The SMILES string of the molecule is CCc1c(O)n(-c2ccc(C#N)cc2Cl)c(=O)[nH]c1=O. The summed E-state index contributed by atoms with van der Waals surface area (Å²) < 4.78 is 0.906. The van der Waals surface area contributed by atoms with Gasteiger partial charge in [-0.15, -0.1) is 0 Å². The minimum atomic E-state index is -0.795. The Hall–Kier alpha value is -2.52. The summed E-state index contributed by atoms with van der Waals surface area (Å²) in [5.74, 6) is -0.451. The van der Waals surface area contributed by atoms with Crippen molar-refractivity contribution in [2.75, 3.05) is 0 Å². The number of aromatic nitrogens is 2. The van der Waals surface area contributed by atoms with Gasteiger partial charge in [0.15, 0.2) is 0 Å². The summed E-state index contributed by atoms with van der Waals surface area (Å²) in [6, 6.07) is 6.18. The Morgan fingerprint density at radius 3 is 2.70 bits per heavy atom. The highest BCUT2D eigenvalue weighted by molar-refractivity contribution is 6.32. The lowest BCUT2D eigenvalue weighted by molar-refractivity contribution is 0.423. The Morgan fingerprint density at radius 2 is 2.15 bits per heavy atom. The van der Waals surface area contributed by atoms with Crippen molar-refractivity contribution < 1.29 is 5.11 Å². The highest BCUT2D eigenvalue weighted by Crippen LogP contribution is 2.24. The summed E-state index contributed by atoms with van der Waals surface area (Å²) in [6.07, 6.45) is 0.259. The molecule has 0 saturated heterocycles. The number of H-pyrrole nitrogens is 1. The van der Waals surface area contributed by atoms with Gasteiger partial charge in [-0.25, -0.2) is 9.36 Å². The summed E-state index contributed by atoms with van der Waals surface area (Å²) >= 11 is 6.01. The van der Waals surface area contributed by atoms with E-state index in [1.165, 1.54) is 18.2 Å². The summed E-state index contributed by atoms with van der Waals surface area (Å²) in [4.78, 5) is 25.5. The van der Waals surface area contributed by atoms with Crippen LogP contribution in [0.3, 0.4) is 0 Å². The number of hydrogen-bond donors (Lipinski definition) is 2. The van der Waals surface area contributed by atoms with E-state index in [0.29, 0.717) is 5.56 Å². The first kappa shape index (κ1) is 13.9. The molecule has 0 radical (unpaired) electrons. The molecule has 0 amide bonds. The third-order valence-corrected chi connectivity index (χ3v) is 3.15. The standard InChI is InChI=1S/C13H10ClN3O3/c1-2-8-11(18)16-13(20)17(12(8)19)10-4-3-7(6-15)5-9(10)14/h3-5,19H,2H2,1H3,(H,16,18,20). The third kappa shape index (κ3) is 2.19. The second-order valence-corrected chi connectivity index (χ2v) is 4.44. The van der Waals surface area contributed by atoms with Crippen LogP contribution >= 0.6 is 11.6 Å². The third-order valence-electron chi connectivity index (χ3n) is 2.85. The average molecular weight is 292 g/mol. The monoisotopic (exact) mass is 291 g/mol. The minimum absolute atomic E-state index is 0.0880. The van der Waals surface area contributed by atoms with Gasteiger partial charge in [-0.2, -0.15) is 5.26 Å². The van der Waals surface area contributed by atoms with Gasteiger partial charge in [0.25, 0.3) is 5.56 Å². The van der Waals surface area contributed by atoms with Crippen LogP contribution in [0.1, 0.15) is 18.1 Å². The zero-order chi connectivity index (χ0) is 14.9. The molecule has 0 aliphatic heterocycles. The van der Waals surface area contributed by atoms with Gasteiger partial charge in [-0.05, 0) is 24.6 Å². The van der Waals surface area contributed by atoms with E-state index in [-0.39, 0.29) is 22.7 Å². The second kappa shape index (κ2) is 5.23. The minimum Gasteiger partial charge on any atom is -0.494 e. The summed E-state index contributed by atoms with van der Waals surface area (Å²) in [5.41, 5.74) is -0.817. The van der Waals surface area contributed by atoms with Crippen molar-refractivity contribution in [1.29, 1.82) is 5.26 Å². The molecule has 2 aromatic rings. The lowest BCUT2D eigenvalue weighted by Crippen LogP contribution is -2.31. The number of halogens is 1. The largest absolute Gasteiger partial charge is 0.494 e. The van der Waals surface area contributed by atoms with Crippen LogP contribution < -0.4 is 11.2 Å². The van der Waals surface area contributed by atoms with Crippen LogP contribution in [-0.2, 0) is 6.42 Å². The van der Waals surface area contributed by atoms with Crippen LogP contribution in [0.15, 0.2) is 27.8 Å². The molecule has 20 heavy (non-hydrogen) atoms. The number of aromatic hydroxyl groups is 1. The highest BCUT2D eigenvalue weighted by Gasteiger charge is 2.16. The van der Waals surface area contributed by atoms with Gasteiger partial charge in [0.1, 0.15) is 0 Å². The molecule has 2 rings (SSSR count). The molecule has 0 unspecified atom stereocenters. The van der Waals surface area contributed by atoms with Gasteiger partial charge in [0.2, 0.25) is 5.88 Å². The van der Waals surface area contributed by atoms with Crippen LogP contribution in [0.5, 0.6) is 5.88 Å². The summed E-state index contributed by atoms with van der Waals surface area (Å²) in [7, 11) is 0. The van der Waals surface area contributed by atoms with E-state index < -0.39 is 17.1 Å². The Morgan fingerprint density at radius 1 is 1.45 bits per heavy atom. The van der Waals surface area contributed by atoms with Gasteiger partial charge >= 0.3 is 5.69 Å². The molecule has 0 saturated carbocycles. The van der Waals surface area contributed by atoms with Crippen LogP contribution in [0.2, 0.25) is 5.02 Å². The first-order chi connectivity index (χ1) is 9.49. The van der Waals surface area contributed by atoms with E-state index in [1.54, 1.807) is 6.92 Å². The predicted molar refractivity (Wildman–Crippen MR) is 73.4 cm³/mol. The zero-order valence-electron chi connectivity index (χ0n) is 10.5. The second-order valence-electron chi connectivity index (χ2n) is 4.03. The van der Waals surface area contributed by atoms with Crippen molar-refractivity contribution in [3.8, 4) is 17.6 Å². The van der Waals surface area contributed by atoms with Gasteiger partial charge in [-0.3, -0.25) is 9.78 Å². The maximum atomic E-state index is 11.9. The molecule has 1 heterocycles. The maximum absolute atomic E-state index is 11.9. The summed E-state index contributed by atoms with van der Waals surface area (Å²) in [6.45, 7) is 1.68. The quantitative estimate of drug-likeness (QED) is 0.871. The number of benzene rings is 1. The van der Waals surface area contributed by atoms with E-state index in [2.05, 4.69) is 4.98 Å². The number of rotatable bonds is 2. The van der Waals surface area contributed by atoms with Crippen LogP contribution in [0.4, 0.5) is 0 Å². The predicted octanol–water partition coefficient (Wildman–Crippen LogP) is 1.32. The van der Waals surface area contributed by atoms with Crippen molar-refractivity contribution in [2.24, 2.45) is 0 Å². The van der Waals surface area contributed by atoms with Crippen LogP contribution in [-0.4, -0.2) is 14.7 Å². The number of aromatic amines is 1. The van der Waals surface area contributed by atoms with Gasteiger partial charge in [-0.1, -0.05) is 18.5 Å². The zero-order valence-corrected chi connectivity index (χ0v) is 11.2. The normalized spacial score (nSPS) is 10.2. The fraction of sp³-hybridized carbons (Fsp3) is 0.154. The Balaban J connectivity index is 2.81. The molecule has 0 fully saturated rings. The van der Waals surface area contributed by atoms with E-state index in [0.717, 1.165) is 4.57 Å². The molecule has 7 heteroatoms. The molecule has 6 nitrogen and oxygen atoms in total. The molecule has 0 bridgehead atoms. The fourth-order valence-corrected chi connectivity index (χ4v) is 2.13. The topological polar surface area (TPSA) is 98.9 Å². The van der Waals surface area contributed by atoms with Crippen LogP contribution in [0.25, 0.3) is 5.69 Å². The van der Waals surface area contributed by atoms with E-state index in [9.17, 15) is 14.7 Å². The molecular weight excluding hydrogens is 282 g/mol. The van der Waals surface area contributed by atoms with Crippen molar-refractivity contribution in [3.63, 3.8) is 0 Å². The molecule has 1 aromatic carbocycles. The Kier molecular flexibility index (Phi) is 3.63. The molecule has 2 N–H and O–H groups in total. The van der Waals surface area contributed by atoms with Crippen molar-refractivity contribution in [3.05, 3.63) is 55.2 Å². The van der Waals surface area contributed by atoms with Crippen molar-refractivity contribution in [2.45, 2.75) is 13.3 Å². The van der Waals surface area contributed by atoms with E-state index in [1.807, 2.05) is 6.07 Å². The number of nitrogens with zero attached hydrogens (tertiary/aromatic N) is 2. The molecule has 0 aliphatic carbocycles. The number of nitriles is 1. The number of nitrogens with one attached hydrogen (secondary N) is 1. The van der Waals surface area contributed by atoms with E-state index in [4.69, 9.17) is 16.9 Å². The Labute approximate surface area is 118 Å². The first-order valence-corrected chi connectivity index (χ1v) is 6.14. The van der Waals surface area contributed by atoms with Crippen molar-refractivity contribution in [1.82, 2.24) is 9.55 Å². The first-order valence-electron chi connectivity index (χ1n) is 5.76. The molecule has 102 valence electrons. The smallest absolute Gasteiger partial charge is 0.335 e. The molecule has 0 spiro atoms. The van der Waals surface area contributed by atoms with Crippen LogP contribution in [0, 0.1) is 11.3 Å². The molecule has 1 aromatic heterocycles. The van der Waals surface area contributed by atoms with Gasteiger partial charge in [0.05, 0.1) is 27.9 Å². The molecule has 0 atom stereocenters. The number of hydrogen-bond acceptors (Lipinski definition) is 4. The summed E-state index contributed by atoms with van der Waals surface area (Å²) in [5, 5.41) is 19.0. The average Bonchev–Trinajstić information content (AvgIpc) is 2.40. The van der Waals surface area contributed by atoms with Gasteiger partial charge in [0, 0.05) is 0 Å². The Bertz CT molecular complexity index is 830. The lowest BCUT2D eigenvalue weighted by atomic mass is 10.2. The molecule has 0 aliphatic rings. The fourth-order valence-electron chi connectivity index (χ4n) is 1.86. The maximum Gasteiger partial charge on any atom is 0.335 e. The van der Waals surface area contributed by atoms with Gasteiger partial charge < -0.3 is 5.11 Å². The lowest BCUT2D eigenvalue weighted by Gasteiger charge is -2.12. The molecular formula is C13H10ClN3O3. The van der Waals surface area contributed by atoms with Crippen molar-refractivity contribution >= 4 is 11.6 Å². The van der Waals surface area contributed by atoms with E-state index >= 15 is 0 Å². The highest BCUT2D eigenvalue weighted by atomic mass is 35.5.